The maximum atomic E-state index is 13.1. The molecule has 1 aliphatic rings. The largest absolute Gasteiger partial charge is 0.492 e. The molecule has 0 unspecified atom stereocenters. The van der Waals surface area contributed by atoms with Crippen molar-refractivity contribution in [1.82, 2.24) is 4.31 Å². The van der Waals surface area contributed by atoms with E-state index in [0.717, 1.165) is 5.56 Å². The Kier molecular flexibility index (Phi) is 8.02. The van der Waals surface area contributed by atoms with Gasteiger partial charge in [-0.25, -0.2) is 8.42 Å². The summed E-state index contributed by atoms with van der Waals surface area (Å²) < 4.78 is 44.3. The number of hydrogen-bond donors (Lipinski definition) is 1. The summed E-state index contributed by atoms with van der Waals surface area (Å²) >= 11 is 0. The predicted molar refractivity (Wildman–Crippen MR) is 132 cm³/mol. The number of anilines is 1. The van der Waals surface area contributed by atoms with Crippen molar-refractivity contribution in [2.24, 2.45) is 0 Å². The van der Waals surface area contributed by atoms with Crippen LogP contribution in [0.1, 0.15) is 22.8 Å². The van der Waals surface area contributed by atoms with Crippen molar-refractivity contribution >= 4 is 21.6 Å². The summed E-state index contributed by atoms with van der Waals surface area (Å²) in [6.45, 7) is 3.83. The van der Waals surface area contributed by atoms with Crippen LogP contribution in [0.25, 0.3) is 0 Å². The molecular weight excluding hydrogens is 468 g/mol. The Morgan fingerprint density at radius 1 is 0.971 bits per heavy atom. The zero-order valence-electron chi connectivity index (χ0n) is 19.5. The van der Waals surface area contributed by atoms with Gasteiger partial charge >= 0.3 is 0 Å². The van der Waals surface area contributed by atoms with Gasteiger partial charge in [-0.05, 0) is 48.9 Å². The van der Waals surface area contributed by atoms with Gasteiger partial charge in [0.25, 0.3) is 5.91 Å². The van der Waals surface area contributed by atoms with E-state index in [1.807, 2.05) is 37.3 Å². The number of ether oxygens (including phenoxy) is 3. The van der Waals surface area contributed by atoms with Crippen LogP contribution in [-0.2, 0) is 21.4 Å². The highest BCUT2D eigenvalue weighted by atomic mass is 32.2. The summed E-state index contributed by atoms with van der Waals surface area (Å²) in [5.74, 6) is 0.533. The Morgan fingerprint density at radius 2 is 1.74 bits per heavy atom. The van der Waals surface area contributed by atoms with Crippen LogP contribution in [0.2, 0.25) is 0 Å². The first-order valence-electron chi connectivity index (χ1n) is 11.4. The zero-order chi connectivity index (χ0) is 24.7. The van der Waals surface area contributed by atoms with E-state index in [4.69, 9.17) is 14.2 Å². The quantitative estimate of drug-likeness (QED) is 0.482. The van der Waals surface area contributed by atoms with Gasteiger partial charge in [0.1, 0.15) is 18.1 Å². The molecule has 0 spiro atoms. The maximum absolute atomic E-state index is 13.1. The van der Waals surface area contributed by atoms with Crippen LogP contribution in [0.5, 0.6) is 11.5 Å². The van der Waals surface area contributed by atoms with Gasteiger partial charge in [0.2, 0.25) is 10.0 Å². The Bertz CT molecular complexity index is 1260. The van der Waals surface area contributed by atoms with E-state index in [0.29, 0.717) is 43.5 Å². The monoisotopic (exact) mass is 496 g/mol. The highest BCUT2D eigenvalue weighted by Crippen LogP contribution is 2.30. The van der Waals surface area contributed by atoms with E-state index in [2.05, 4.69) is 5.32 Å². The van der Waals surface area contributed by atoms with Crippen LogP contribution >= 0.6 is 0 Å². The van der Waals surface area contributed by atoms with Gasteiger partial charge in [-0.3, -0.25) is 4.79 Å². The Labute approximate surface area is 205 Å². The van der Waals surface area contributed by atoms with Crippen LogP contribution in [0, 0.1) is 0 Å². The lowest BCUT2D eigenvalue weighted by Gasteiger charge is -2.26. The van der Waals surface area contributed by atoms with Gasteiger partial charge in [-0.2, -0.15) is 4.31 Å². The van der Waals surface area contributed by atoms with Crippen molar-refractivity contribution in [2.75, 3.05) is 38.2 Å². The lowest BCUT2D eigenvalue weighted by atomic mass is 10.2. The molecule has 0 aliphatic carbocycles. The maximum Gasteiger partial charge on any atom is 0.255 e. The van der Waals surface area contributed by atoms with Gasteiger partial charge in [-0.15, -0.1) is 0 Å². The first-order valence-corrected chi connectivity index (χ1v) is 12.8. The predicted octanol–water partition coefficient (Wildman–Crippen LogP) is 3.94. The summed E-state index contributed by atoms with van der Waals surface area (Å²) in [6.07, 6.45) is 0. The minimum atomic E-state index is -3.73. The first-order chi connectivity index (χ1) is 17.0. The second-order valence-corrected chi connectivity index (χ2v) is 9.80. The summed E-state index contributed by atoms with van der Waals surface area (Å²) in [6, 6.07) is 21.0. The fourth-order valence-corrected chi connectivity index (χ4v) is 5.08. The average molecular weight is 497 g/mol. The number of hydrogen-bond acceptors (Lipinski definition) is 6. The van der Waals surface area contributed by atoms with E-state index >= 15 is 0 Å². The highest BCUT2D eigenvalue weighted by molar-refractivity contribution is 7.89. The van der Waals surface area contributed by atoms with E-state index in [1.54, 1.807) is 30.3 Å². The van der Waals surface area contributed by atoms with Crippen molar-refractivity contribution in [1.29, 1.82) is 0 Å². The molecule has 4 rings (SSSR count). The standard InChI is InChI=1S/C26H28N2O6S/c1-2-33-25-12-11-23(35(30,31)28-13-15-32-16-14-28)18-24(25)27-26(29)21-9-6-10-22(17-21)34-19-20-7-4-3-5-8-20/h3-12,17-18H,2,13-16,19H2,1H3,(H,27,29). The molecule has 0 saturated carbocycles. The van der Waals surface area contributed by atoms with Crippen molar-refractivity contribution in [3.8, 4) is 11.5 Å². The fraction of sp³-hybridized carbons (Fsp3) is 0.269. The zero-order valence-corrected chi connectivity index (χ0v) is 20.3. The molecule has 1 saturated heterocycles. The molecule has 1 N–H and O–H groups in total. The smallest absolute Gasteiger partial charge is 0.255 e. The Morgan fingerprint density at radius 3 is 2.49 bits per heavy atom. The van der Waals surface area contributed by atoms with Crippen molar-refractivity contribution in [3.63, 3.8) is 0 Å². The summed E-state index contributed by atoms with van der Waals surface area (Å²) in [4.78, 5) is 13.1. The number of benzene rings is 3. The second-order valence-electron chi connectivity index (χ2n) is 7.86. The number of nitrogens with zero attached hydrogens (tertiary/aromatic N) is 1. The number of carbonyl (C=O) groups excluding carboxylic acids is 1. The van der Waals surface area contributed by atoms with Crippen LogP contribution in [0.3, 0.4) is 0 Å². The SMILES string of the molecule is CCOc1ccc(S(=O)(=O)N2CCOCC2)cc1NC(=O)c1cccc(OCc2ccccc2)c1. The van der Waals surface area contributed by atoms with E-state index < -0.39 is 15.9 Å². The van der Waals surface area contributed by atoms with Crippen molar-refractivity contribution < 1.29 is 27.4 Å². The number of nitrogens with one attached hydrogen (secondary N) is 1. The molecule has 0 bridgehead atoms. The molecule has 9 heteroatoms. The molecule has 3 aromatic carbocycles. The topological polar surface area (TPSA) is 94.2 Å². The molecule has 35 heavy (non-hydrogen) atoms. The molecule has 1 fully saturated rings. The number of rotatable bonds is 9. The summed E-state index contributed by atoms with van der Waals surface area (Å²) in [5, 5.41) is 2.80. The third-order valence-electron chi connectivity index (χ3n) is 5.45. The second kappa shape index (κ2) is 11.4. The van der Waals surface area contributed by atoms with Gasteiger partial charge < -0.3 is 19.5 Å². The number of morpholine rings is 1. The van der Waals surface area contributed by atoms with E-state index in [9.17, 15) is 13.2 Å². The third kappa shape index (κ3) is 6.19. The number of sulfonamides is 1. The van der Waals surface area contributed by atoms with Crippen LogP contribution in [0.15, 0.2) is 77.7 Å². The van der Waals surface area contributed by atoms with Gasteiger partial charge in [0.15, 0.2) is 0 Å². The molecule has 0 radical (unpaired) electrons. The van der Waals surface area contributed by atoms with Crippen molar-refractivity contribution in [3.05, 3.63) is 83.9 Å². The minimum absolute atomic E-state index is 0.0816. The fourth-order valence-electron chi connectivity index (χ4n) is 3.65. The van der Waals surface area contributed by atoms with E-state index in [1.165, 1.54) is 16.4 Å². The van der Waals surface area contributed by atoms with E-state index in [-0.39, 0.29) is 23.7 Å². The molecule has 0 aromatic heterocycles. The number of carbonyl (C=O) groups is 1. The molecule has 184 valence electrons. The van der Waals surface area contributed by atoms with Crippen LogP contribution in [0.4, 0.5) is 5.69 Å². The van der Waals surface area contributed by atoms with Gasteiger partial charge in [0, 0.05) is 18.7 Å². The van der Waals surface area contributed by atoms with Crippen molar-refractivity contribution in [2.45, 2.75) is 18.4 Å². The molecule has 1 amide bonds. The molecule has 1 heterocycles. The van der Waals surface area contributed by atoms with Gasteiger partial charge in [-0.1, -0.05) is 36.4 Å². The lowest BCUT2D eigenvalue weighted by molar-refractivity contribution is 0.0730. The van der Waals surface area contributed by atoms with Crippen LogP contribution < -0.4 is 14.8 Å². The normalized spacial score (nSPS) is 14.3. The summed E-state index contributed by atoms with van der Waals surface area (Å²) in [5.41, 5.74) is 1.67. The van der Waals surface area contributed by atoms with Gasteiger partial charge in [0.05, 0.1) is 30.4 Å². The van der Waals surface area contributed by atoms with Crippen LogP contribution in [-0.4, -0.2) is 51.5 Å². The molecule has 8 nitrogen and oxygen atoms in total. The Hall–Kier alpha value is -3.40. The molecule has 3 aromatic rings. The summed E-state index contributed by atoms with van der Waals surface area (Å²) in [7, 11) is -3.73. The Balaban J connectivity index is 1.53. The molecule has 1 aliphatic heterocycles. The lowest BCUT2D eigenvalue weighted by Crippen LogP contribution is -2.40. The molecular formula is C26H28N2O6S. The number of amides is 1. The minimum Gasteiger partial charge on any atom is -0.492 e. The first kappa shape index (κ1) is 24.7. The average Bonchev–Trinajstić information content (AvgIpc) is 2.90. The molecule has 0 atom stereocenters. The highest BCUT2D eigenvalue weighted by Gasteiger charge is 2.27. The third-order valence-corrected chi connectivity index (χ3v) is 7.35.